The molecule has 29 heavy (non-hydrogen) atoms. The van der Waals surface area contributed by atoms with Crippen molar-refractivity contribution in [3.63, 3.8) is 0 Å². The first-order valence-corrected chi connectivity index (χ1v) is 8.95. The highest BCUT2D eigenvalue weighted by Gasteiger charge is 2.28. The molecule has 3 rings (SSSR count). The monoisotopic (exact) mass is 398 g/mol. The second-order valence-electron chi connectivity index (χ2n) is 6.54. The van der Waals surface area contributed by atoms with Gasteiger partial charge in [-0.15, -0.1) is 0 Å². The Bertz CT molecular complexity index is 939. The van der Waals surface area contributed by atoms with Crippen LogP contribution in [0.25, 0.3) is 0 Å². The van der Waals surface area contributed by atoms with Crippen LogP contribution in [-0.4, -0.2) is 45.7 Å². The highest BCUT2D eigenvalue weighted by molar-refractivity contribution is 5.99. The molecular weight excluding hydrogens is 376 g/mol. The van der Waals surface area contributed by atoms with Crippen LogP contribution < -0.4 is 15.4 Å². The van der Waals surface area contributed by atoms with Gasteiger partial charge < -0.3 is 24.8 Å². The third-order valence-electron chi connectivity index (χ3n) is 4.69. The average Bonchev–Trinajstić information content (AvgIpc) is 2.72. The fourth-order valence-electron chi connectivity index (χ4n) is 3.34. The third kappa shape index (κ3) is 4.38. The summed E-state index contributed by atoms with van der Waals surface area (Å²) in [5.74, 6) is -0.637. The number of rotatable bonds is 6. The van der Waals surface area contributed by atoms with Gasteiger partial charge in [-0.05, 0) is 35.4 Å². The molecule has 0 spiro atoms. The number of benzene rings is 2. The van der Waals surface area contributed by atoms with Gasteiger partial charge in [0.2, 0.25) is 11.8 Å². The smallest absolute Gasteiger partial charge is 0.337 e. The number of anilines is 2. The van der Waals surface area contributed by atoms with Crippen molar-refractivity contribution in [2.24, 2.45) is 0 Å². The Balaban J connectivity index is 1.98. The molecule has 2 N–H and O–H groups in total. The van der Waals surface area contributed by atoms with Crippen molar-refractivity contribution < 1.29 is 28.6 Å². The molecule has 0 saturated heterocycles. The van der Waals surface area contributed by atoms with E-state index in [2.05, 4.69) is 10.6 Å². The van der Waals surface area contributed by atoms with Gasteiger partial charge in [0.1, 0.15) is 12.4 Å². The molecule has 0 aromatic heterocycles. The summed E-state index contributed by atoms with van der Waals surface area (Å²) >= 11 is 0. The van der Waals surface area contributed by atoms with E-state index < -0.39 is 5.97 Å². The zero-order chi connectivity index (χ0) is 21.0. The van der Waals surface area contributed by atoms with Crippen LogP contribution in [0.4, 0.5) is 11.4 Å². The first kappa shape index (κ1) is 20.3. The Morgan fingerprint density at radius 3 is 2.48 bits per heavy atom. The van der Waals surface area contributed by atoms with E-state index in [0.29, 0.717) is 22.7 Å². The maximum atomic E-state index is 12.3. The van der Waals surface area contributed by atoms with Crippen molar-refractivity contribution in [3.8, 4) is 5.75 Å². The minimum Gasteiger partial charge on any atom is -0.495 e. The van der Waals surface area contributed by atoms with E-state index in [1.807, 2.05) is 0 Å². The summed E-state index contributed by atoms with van der Waals surface area (Å²) in [5, 5.41) is 5.56. The highest BCUT2D eigenvalue weighted by Crippen LogP contribution is 2.42. The largest absolute Gasteiger partial charge is 0.495 e. The maximum absolute atomic E-state index is 12.3. The van der Waals surface area contributed by atoms with E-state index >= 15 is 0 Å². The van der Waals surface area contributed by atoms with Crippen LogP contribution in [0.3, 0.4) is 0 Å². The predicted molar refractivity (Wildman–Crippen MR) is 106 cm³/mol. The number of esters is 1. The molecule has 0 saturated carbocycles. The second kappa shape index (κ2) is 8.74. The first-order chi connectivity index (χ1) is 14.0. The van der Waals surface area contributed by atoms with Gasteiger partial charge in [0.25, 0.3) is 0 Å². The summed E-state index contributed by atoms with van der Waals surface area (Å²) in [7, 11) is 4.27. The molecule has 0 fully saturated rings. The Kier molecular flexibility index (Phi) is 6.13. The van der Waals surface area contributed by atoms with Gasteiger partial charge in [0, 0.05) is 25.1 Å². The standard InChI is InChI=1S/C21H22N2O6/c1-27-11-20(25)23-17-10-16-15(8-18(17)28-2)14(9-19(24)22-16)12-4-6-13(7-5-12)21(26)29-3/h4-8,10,14H,9,11H2,1-3H3,(H,22,24)(H,23,25). The van der Waals surface area contributed by atoms with E-state index in [4.69, 9.17) is 14.2 Å². The van der Waals surface area contributed by atoms with E-state index in [-0.39, 0.29) is 30.8 Å². The highest BCUT2D eigenvalue weighted by atomic mass is 16.5. The first-order valence-electron chi connectivity index (χ1n) is 8.95. The summed E-state index contributed by atoms with van der Waals surface area (Å²) < 4.78 is 15.0. The van der Waals surface area contributed by atoms with Crippen LogP contribution >= 0.6 is 0 Å². The molecule has 8 nitrogen and oxygen atoms in total. The predicted octanol–water partition coefficient (Wildman–Crippen LogP) is 2.54. The number of amides is 2. The lowest BCUT2D eigenvalue weighted by Gasteiger charge is -2.27. The quantitative estimate of drug-likeness (QED) is 0.725. The van der Waals surface area contributed by atoms with Crippen LogP contribution in [0.2, 0.25) is 0 Å². The zero-order valence-corrected chi connectivity index (χ0v) is 16.4. The summed E-state index contributed by atoms with van der Waals surface area (Å²) in [6, 6.07) is 10.4. The third-order valence-corrected chi connectivity index (χ3v) is 4.69. The van der Waals surface area contributed by atoms with Gasteiger partial charge >= 0.3 is 5.97 Å². The van der Waals surface area contributed by atoms with E-state index in [9.17, 15) is 14.4 Å². The summed E-state index contributed by atoms with van der Waals surface area (Å²) in [6.07, 6.45) is 0.253. The van der Waals surface area contributed by atoms with Crippen molar-refractivity contribution in [2.75, 3.05) is 38.6 Å². The van der Waals surface area contributed by atoms with E-state index in [1.54, 1.807) is 36.4 Å². The van der Waals surface area contributed by atoms with Crippen LogP contribution in [0.5, 0.6) is 5.75 Å². The van der Waals surface area contributed by atoms with Crippen LogP contribution in [0.1, 0.15) is 33.8 Å². The molecule has 8 heteroatoms. The van der Waals surface area contributed by atoms with Crippen LogP contribution in [0.15, 0.2) is 36.4 Å². The van der Waals surface area contributed by atoms with Gasteiger partial charge in [-0.2, -0.15) is 0 Å². The minimum atomic E-state index is -0.420. The Hall–Kier alpha value is -3.39. The maximum Gasteiger partial charge on any atom is 0.337 e. The molecule has 0 aliphatic carbocycles. The minimum absolute atomic E-state index is 0.0955. The Morgan fingerprint density at radius 2 is 1.86 bits per heavy atom. The van der Waals surface area contributed by atoms with Gasteiger partial charge in [0.15, 0.2) is 0 Å². The molecule has 2 aromatic rings. The van der Waals surface area contributed by atoms with E-state index in [1.165, 1.54) is 21.3 Å². The van der Waals surface area contributed by atoms with Crippen molar-refractivity contribution >= 4 is 29.2 Å². The summed E-state index contributed by atoms with van der Waals surface area (Å²) in [4.78, 5) is 35.9. The number of carbonyl (C=O) groups excluding carboxylic acids is 3. The average molecular weight is 398 g/mol. The van der Waals surface area contributed by atoms with E-state index in [0.717, 1.165) is 11.1 Å². The van der Waals surface area contributed by atoms with Crippen molar-refractivity contribution in [1.29, 1.82) is 0 Å². The SMILES string of the molecule is COCC(=O)Nc1cc2c(cc1OC)C(c1ccc(C(=O)OC)cc1)CC(=O)N2. The molecule has 0 radical (unpaired) electrons. The molecule has 2 amide bonds. The van der Waals surface area contributed by atoms with Crippen molar-refractivity contribution in [2.45, 2.75) is 12.3 Å². The fourth-order valence-corrected chi connectivity index (χ4v) is 3.34. The Labute approximate surface area is 168 Å². The number of ether oxygens (including phenoxy) is 3. The lowest BCUT2D eigenvalue weighted by atomic mass is 9.84. The second-order valence-corrected chi connectivity index (χ2v) is 6.54. The number of nitrogens with one attached hydrogen (secondary N) is 2. The molecule has 1 aliphatic rings. The zero-order valence-electron chi connectivity index (χ0n) is 16.4. The van der Waals surface area contributed by atoms with Gasteiger partial charge in [0.05, 0.1) is 25.5 Å². The molecule has 1 unspecified atom stereocenters. The number of hydrogen-bond acceptors (Lipinski definition) is 6. The molecule has 1 atom stereocenters. The van der Waals surface area contributed by atoms with Gasteiger partial charge in [-0.1, -0.05) is 12.1 Å². The lowest BCUT2D eigenvalue weighted by Crippen LogP contribution is -2.24. The number of carbonyl (C=O) groups is 3. The normalized spacial score (nSPS) is 15.1. The molecular formula is C21H22N2O6. The molecule has 1 heterocycles. The fraction of sp³-hybridized carbons (Fsp3) is 0.286. The Morgan fingerprint density at radius 1 is 1.14 bits per heavy atom. The summed E-state index contributed by atoms with van der Waals surface area (Å²) in [5.41, 5.74) is 3.21. The number of methoxy groups -OCH3 is 3. The molecule has 0 bridgehead atoms. The number of fused-ring (bicyclic) bond motifs is 1. The number of hydrogen-bond donors (Lipinski definition) is 2. The van der Waals surface area contributed by atoms with Gasteiger partial charge in [-0.25, -0.2) is 4.79 Å². The lowest BCUT2D eigenvalue weighted by molar-refractivity contribution is -0.119. The van der Waals surface area contributed by atoms with Crippen LogP contribution in [0, 0.1) is 0 Å². The molecule has 2 aromatic carbocycles. The van der Waals surface area contributed by atoms with Crippen molar-refractivity contribution in [1.82, 2.24) is 0 Å². The molecule has 1 aliphatic heterocycles. The van der Waals surface area contributed by atoms with Gasteiger partial charge in [-0.3, -0.25) is 9.59 Å². The summed E-state index contributed by atoms with van der Waals surface area (Å²) in [6.45, 7) is -0.0955. The van der Waals surface area contributed by atoms with Crippen molar-refractivity contribution in [3.05, 3.63) is 53.1 Å². The topological polar surface area (TPSA) is 103 Å². The van der Waals surface area contributed by atoms with Crippen LogP contribution in [-0.2, 0) is 19.1 Å². The molecule has 152 valence electrons.